The number of hydrogen-bond donors (Lipinski definition) is 1. The zero-order chi connectivity index (χ0) is 15.3. The lowest BCUT2D eigenvalue weighted by atomic mass is 10.1. The number of halogens is 1. The molecular weight excluding hydrogens is 379 g/mol. The number of carbonyl (C=O) groups is 1. The highest BCUT2D eigenvalue weighted by Gasteiger charge is 2.09. The van der Waals surface area contributed by atoms with Crippen molar-refractivity contribution in [3.63, 3.8) is 0 Å². The van der Waals surface area contributed by atoms with Gasteiger partial charge in [0.25, 0.3) is 0 Å². The van der Waals surface area contributed by atoms with Crippen LogP contribution in [0.1, 0.15) is 61.7 Å². The van der Waals surface area contributed by atoms with Crippen LogP contribution in [0.2, 0.25) is 0 Å². The number of rotatable bonds is 12. The van der Waals surface area contributed by atoms with Crippen LogP contribution in [0.4, 0.5) is 0 Å². The van der Waals surface area contributed by atoms with Crippen molar-refractivity contribution in [1.82, 2.24) is 0 Å². The third kappa shape index (κ3) is 8.29. The average molecular weight is 404 g/mol. The number of ether oxygens (including phenoxy) is 1. The fourth-order valence-corrected chi connectivity index (χ4v) is 2.75. The highest BCUT2D eigenvalue weighted by molar-refractivity contribution is 14.1. The van der Waals surface area contributed by atoms with Crippen molar-refractivity contribution in [3.8, 4) is 5.75 Å². The van der Waals surface area contributed by atoms with Crippen molar-refractivity contribution < 1.29 is 14.6 Å². The predicted octanol–water partition coefficient (Wildman–Crippen LogP) is 5.32. The van der Waals surface area contributed by atoms with Crippen LogP contribution in [0, 0.1) is 0 Å². The van der Waals surface area contributed by atoms with Gasteiger partial charge in [0.2, 0.25) is 0 Å². The van der Waals surface area contributed by atoms with Gasteiger partial charge in [-0.15, -0.1) is 0 Å². The lowest BCUT2D eigenvalue weighted by molar-refractivity contribution is 0.0692. The minimum Gasteiger partial charge on any atom is -0.493 e. The summed E-state index contributed by atoms with van der Waals surface area (Å²) in [5.74, 6) is -0.457. The standard InChI is InChI=1S/C17H25IO3/c18-13-9-5-3-1-2-4-6-10-14-21-16-12-8-7-11-15(16)17(19)20/h7-8,11-12H,1-6,9-10,13-14H2,(H,19,20). The van der Waals surface area contributed by atoms with Crippen molar-refractivity contribution >= 4 is 28.6 Å². The molecule has 0 radical (unpaired) electrons. The van der Waals surface area contributed by atoms with Gasteiger partial charge >= 0.3 is 5.97 Å². The molecule has 0 bridgehead atoms. The lowest BCUT2D eigenvalue weighted by Crippen LogP contribution is -2.04. The molecule has 0 heterocycles. The van der Waals surface area contributed by atoms with E-state index in [2.05, 4.69) is 22.6 Å². The van der Waals surface area contributed by atoms with Crippen molar-refractivity contribution in [2.75, 3.05) is 11.0 Å². The van der Waals surface area contributed by atoms with E-state index in [-0.39, 0.29) is 5.56 Å². The Morgan fingerprint density at radius 2 is 1.52 bits per heavy atom. The monoisotopic (exact) mass is 404 g/mol. The molecule has 1 N–H and O–H groups in total. The molecule has 118 valence electrons. The van der Waals surface area contributed by atoms with E-state index >= 15 is 0 Å². The Morgan fingerprint density at radius 3 is 2.14 bits per heavy atom. The predicted molar refractivity (Wildman–Crippen MR) is 94.7 cm³/mol. The lowest BCUT2D eigenvalue weighted by Gasteiger charge is -2.08. The van der Waals surface area contributed by atoms with Crippen molar-refractivity contribution in [2.45, 2.75) is 51.4 Å². The summed E-state index contributed by atoms with van der Waals surface area (Å²) < 4.78 is 6.85. The summed E-state index contributed by atoms with van der Waals surface area (Å²) in [5.41, 5.74) is 0.243. The van der Waals surface area contributed by atoms with Crippen LogP contribution in [-0.2, 0) is 0 Å². The number of carboxylic acid groups (broad SMARTS) is 1. The molecule has 1 aromatic rings. The van der Waals surface area contributed by atoms with E-state index in [4.69, 9.17) is 9.84 Å². The molecule has 1 aromatic carbocycles. The van der Waals surface area contributed by atoms with Crippen LogP contribution in [0.15, 0.2) is 24.3 Å². The van der Waals surface area contributed by atoms with Crippen molar-refractivity contribution in [1.29, 1.82) is 0 Å². The van der Waals surface area contributed by atoms with Gasteiger partial charge in [-0.3, -0.25) is 0 Å². The van der Waals surface area contributed by atoms with E-state index in [1.54, 1.807) is 24.3 Å². The first-order valence-electron chi connectivity index (χ1n) is 7.77. The molecule has 0 spiro atoms. The molecule has 0 amide bonds. The number of benzene rings is 1. The number of carboxylic acids is 1. The minimum absolute atomic E-state index is 0.243. The highest BCUT2D eigenvalue weighted by atomic mass is 127. The van der Waals surface area contributed by atoms with Gasteiger partial charge in [0.05, 0.1) is 6.61 Å². The summed E-state index contributed by atoms with van der Waals surface area (Å²) in [6, 6.07) is 6.82. The zero-order valence-corrected chi connectivity index (χ0v) is 14.7. The number of hydrogen-bond acceptors (Lipinski definition) is 2. The smallest absolute Gasteiger partial charge is 0.339 e. The number of aromatic carboxylic acids is 1. The summed E-state index contributed by atoms with van der Waals surface area (Å²) in [6.07, 6.45) is 10.1. The topological polar surface area (TPSA) is 46.5 Å². The van der Waals surface area contributed by atoms with Gasteiger partial charge in [-0.25, -0.2) is 4.79 Å². The molecule has 0 unspecified atom stereocenters. The zero-order valence-electron chi connectivity index (χ0n) is 12.5. The van der Waals surface area contributed by atoms with Crippen LogP contribution < -0.4 is 4.74 Å². The molecule has 0 aliphatic heterocycles. The second-order valence-corrected chi connectivity index (χ2v) is 6.25. The molecule has 0 saturated carbocycles. The largest absolute Gasteiger partial charge is 0.493 e. The summed E-state index contributed by atoms with van der Waals surface area (Å²) in [7, 11) is 0. The Morgan fingerprint density at radius 1 is 0.952 bits per heavy atom. The van der Waals surface area contributed by atoms with Gasteiger partial charge in [0, 0.05) is 0 Å². The van der Waals surface area contributed by atoms with Gasteiger partial charge in [0.1, 0.15) is 11.3 Å². The van der Waals surface area contributed by atoms with Gasteiger partial charge in [0.15, 0.2) is 0 Å². The van der Waals surface area contributed by atoms with Crippen LogP contribution in [0.25, 0.3) is 0 Å². The summed E-state index contributed by atoms with van der Waals surface area (Å²) >= 11 is 2.43. The quantitative estimate of drug-likeness (QED) is 0.291. The second-order valence-electron chi connectivity index (χ2n) is 5.17. The molecule has 3 nitrogen and oxygen atoms in total. The molecular formula is C17H25IO3. The first-order chi connectivity index (χ1) is 10.3. The first kappa shape index (κ1) is 18.3. The van der Waals surface area contributed by atoms with Gasteiger partial charge in [-0.2, -0.15) is 0 Å². The second kappa shape index (κ2) is 11.8. The Bertz CT molecular complexity index is 407. The van der Waals surface area contributed by atoms with E-state index in [9.17, 15) is 4.79 Å². The van der Waals surface area contributed by atoms with Crippen LogP contribution in [0.5, 0.6) is 5.75 Å². The maximum absolute atomic E-state index is 11.0. The molecule has 1 rings (SSSR count). The number of unbranched alkanes of at least 4 members (excludes halogenated alkanes) is 7. The van der Waals surface area contributed by atoms with E-state index in [0.29, 0.717) is 12.4 Å². The third-order valence-electron chi connectivity index (χ3n) is 3.40. The fourth-order valence-electron chi connectivity index (χ4n) is 2.21. The first-order valence-corrected chi connectivity index (χ1v) is 9.29. The average Bonchev–Trinajstić information content (AvgIpc) is 2.49. The summed E-state index contributed by atoms with van der Waals surface area (Å²) in [6.45, 7) is 0.596. The number of alkyl halides is 1. The fraction of sp³-hybridized carbons (Fsp3) is 0.588. The van der Waals surface area contributed by atoms with E-state index in [1.807, 2.05) is 0 Å². The van der Waals surface area contributed by atoms with Gasteiger partial charge in [-0.1, -0.05) is 73.2 Å². The minimum atomic E-state index is -0.933. The third-order valence-corrected chi connectivity index (χ3v) is 4.17. The molecule has 0 fully saturated rings. The molecule has 0 aromatic heterocycles. The van der Waals surface area contributed by atoms with Gasteiger partial charge in [-0.05, 0) is 29.4 Å². The Kier molecular flexibility index (Phi) is 10.3. The molecule has 0 saturated heterocycles. The highest BCUT2D eigenvalue weighted by Crippen LogP contribution is 2.18. The van der Waals surface area contributed by atoms with Crippen LogP contribution in [-0.4, -0.2) is 22.1 Å². The SMILES string of the molecule is O=C(O)c1ccccc1OCCCCCCCCCCI. The summed E-state index contributed by atoms with van der Waals surface area (Å²) in [4.78, 5) is 11.0. The van der Waals surface area contributed by atoms with E-state index < -0.39 is 5.97 Å². The Balaban J connectivity index is 2.06. The van der Waals surface area contributed by atoms with Crippen molar-refractivity contribution in [3.05, 3.63) is 29.8 Å². The normalized spacial score (nSPS) is 10.5. The van der Waals surface area contributed by atoms with E-state index in [1.165, 1.54) is 43.0 Å². The molecule has 0 aliphatic carbocycles. The van der Waals surface area contributed by atoms with Gasteiger partial charge < -0.3 is 9.84 Å². The van der Waals surface area contributed by atoms with Crippen LogP contribution >= 0.6 is 22.6 Å². The Labute approximate surface area is 141 Å². The maximum atomic E-state index is 11.0. The Hall–Kier alpha value is -0.780. The summed E-state index contributed by atoms with van der Waals surface area (Å²) in [5, 5.41) is 9.05. The molecule has 0 aliphatic rings. The number of para-hydroxylation sites is 1. The van der Waals surface area contributed by atoms with Crippen LogP contribution in [0.3, 0.4) is 0 Å². The van der Waals surface area contributed by atoms with E-state index in [0.717, 1.165) is 12.8 Å². The molecule has 0 atom stereocenters. The molecule has 4 heteroatoms. The molecule has 21 heavy (non-hydrogen) atoms. The maximum Gasteiger partial charge on any atom is 0.339 e. The van der Waals surface area contributed by atoms with Crippen molar-refractivity contribution in [2.24, 2.45) is 0 Å².